The van der Waals surface area contributed by atoms with Crippen LogP contribution in [0.5, 0.6) is 0 Å². The van der Waals surface area contributed by atoms with Gasteiger partial charge >= 0.3 is 0 Å². The second-order valence-corrected chi connectivity index (χ2v) is 6.30. The van der Waals surface area contributed by atoms with Crippen molar-refractivity contribution in [2.75, 3.05) is 11.9 Å². The average molecular weight is 372 g/mol. The number of aromatic nitrogens is 2. The normalized spacial score (nSPS) is 25.3. The molecule has 112 valence electrons. The Labute approximate surface area is 137 Å². The van der Waals surface area contributed by atoms with Crippen molar-refractivity contribution in [3.8, 4) is 0 Å². The van der Waals surface area contributed by atoms with Gasteiger partial charge < -0.3 is 14.0 Å². The van der Waals surface area contributed by atoms with Crippen LogP contribution in [-0.4, -0.2) is 27.8 Å². The van der Waals surface area contributed by atoms with Crippen LogP contribution in [0.25, 0.3) is 0 Å². The maximum absolute atomic E-state index is 6.24. The van der Waals surface area contributed by atoms with E-state index in [1.165, 1.54) is 0 Å². The lowest BCUT2D eigenvalue weighted by atomic mass is 9.94. The van der Waals surface area contributed by atoms with Gasteiger partial charge in [0.2, 0.25) is 0 Å². The Morgan fingerprint density at radius 2 is 2.19 bits per heavy atom. The van der Waals surface area contributed by atoms with Crippen molar-refractivity contribution in [3.63, 3.8) is 0 Å². The topological polar surface area (TPSA) is 36.3 Å². The Bertz CT molecular complexity index is 576. The average Bonchev–Trinajstić information content (AvgIpc) is 3.11. The van der Waals surface area contributed by atoms with E-state index in [4.69, 9.17) is 21.1 Å². The van der Waals surface area contributed by atoms with Gasteiger partial charge in [-0.05, 0) is 17.7 Å². The molecule has 0 N–H and O–H groups in total. The third-order valence-corrected chi connectivity index (χ3v) is 4.28. The van der Waals surface area contributed by atoms with E-state index in [1.54, 1.807) is 12.5 Å². The molecule has 4 nitrogen and oxygen atoms in total. The zero-order valence-electron chi connectivity index (χ0n) is 11.4. The SMILES string of the molecule is Clc1ccc(C2(Cn3ccnc3)COC(CCBr)O2)cc1. The first kappa shape index (κ1) is 15.0. The first-order valence-corrected chi connectivity index (χ1v) is 8.29. The Morgan fingerprint density at radius 3 is 2.86 bits per heavy atom. The van der Waals surface area contributed by atoms with Crippen molar-refractivity contribution in [2.45, 2.75) is 24.9 Å². The van der Waals surface area contributed by atoms with E-state index in [9.17, 15) is 0 Å². The summed E-state index contributed by atoms with van der Waals surface area (Å²) in [5, 5.41) is 1.56. The summed E-state index contributed by atoms with van der Waals surface area (Å²) < 4.78 is 14.1. The summed E-state index contributed by atoms with van der Waals surface area (Å²) in [6.07, 6.45) is 6.11. The molecule has 1 aromatic heterocycles. The van der Waals surface area contributed by atoms with Crippen LogP contribution in [0.15, 0.2) is 43.0 Å². The van der Waals surface area contributed by atoms with E-state index < -0.39 is 5.60 Å². The molecule has 1 aromatic carbocycles. The molecular formula is C15H16BrClN2O2. The lowest BCUT2D eigenvalue weighted by Crippen LogP contribution is -2.34. The van der Waals surface area contributed by atoms with Gasteiger partial charge in [-0.15, -0.1) is 0 Å². The molecular weight excluding hydrogens is 356 g/mol. The number of hydrogen-bond donors (Lipinski definition) is 0. The molecule has 0 radical (unpaired) electrons. The summed E-state index contributed by atoms with van der Waals surface area (Å²) >= 11 is 9.42. The van der Waals surface area contributed by atoms with Crippen molar-refractivity contribution < 1.29 is 9.47 Å². The minimum absolute atomic E-state index is 0.191. The fourth-order valence-corrected chi connectivity index (χ4v) is 3.03. The fourth-order valence-electron chi connectivity index (χ4n) is 2.53. The molecule has 2 heterocycles. The summed E-state index contributed by atoms with van der Waals surface area (Å²) in [6.45, 7) is 1.18. The Hall–Kier alpha value is -0.880. The van der Waals surface area contributed by atoms with Crippen molar-refractivity contribution in [3.05, 3.63) is 53.6 Å². The number of alkyl halides is 1. The maximum Gasteiger partial charge on any atom is 0.159 e. The first-order valence-electron chi connectivity index (χ1n) is 6.79. The minimum atomic E-state index is -0.502. The highest BCUT2D eigenvalue weighted by Gasteiger charge is 2.43. The van der Waals surface area contributed by atoms with Crippen LogP contribution in [0.2, 0.25) is 5.02 Å². The van der Waals surface area contributed by atoms with E-state index in [0.29, 0.717) is 18.2 Å². The van der Waals surface area contributed by atoms with Crippen molar-refractivity contribution in [1.82, 2.24) is 9.55 Å². The van der Waals surface area contributed by atoms with Gasteiger partial charge in [0.25, 0.3) is 0 Å². The number of hydrogen-bond acceptors (Lipinski definition) is 3. The molecule has 0 spiro atoms. The largest absolute Gasteiger partial charge is 0.349 e. The molecule has 2 aromatic rings. The third-order valence-electron chi connectivity index (χ3n) is 3.57. The predicted molar refractivity (Wildman–Crippen MR) is 84.6 cm³/mol. The van der Waals surface area contributed by atoms with Gasteiger partial charge in [0.15, 0.2) is 6.29 Å². The van der Waals surface area contributed by atoms with Crippen molar-refractivity contribution >= 4 is 27.5 Å². The second-order valence-electron chi connectivity index (χ2n) is 5.07. The van der Waals surface area contributed by atoms with Gasteiger partial charge in [-0.3, -0.25) is 0 Å². The highest BCUT2D eigenvalue weighted by atomic mass is 79.9. The highest BCUT2D eigenvalue weighted by molar-refractivity contribution is 9.09. The first-order chi connectivity index (χ1) is 10.2. The minimum Gasteiger partial charge on any atom is -0.349 e. The van der Waals surface area contributed by atoms with E-state index in [-0.39, 0.29) is 6.29 Å². The summed E-state index contributed by atoms with van der Waals surface area (Å²) in [5.41, 5.74) is 0.565. The lowest BCUT2D eigenvalue weighted by Gasteiger charge is -2.28. The van der Waals surface area contributed by atoms with Crippen LogP contribution in [0, 0.1) is 0 Å². The summed E-state index contributed by atoms with van der Waals surface area (Å²) in [4.78, 5) is 4.10. The summed E-state index contributed by atoms with van der Waals surface area (Å²) in [6, 6.07) is 7.76. The molecule has 2 unspecified atom stereocenters. The quantitative estimate of drug-likeness (QED) is 0.754. The monoisotopic (exact) mass is 370 g/mol. The highest BCUT2D eigenvalue weighted by Crippen LogP contribution is 2.37. The second kappa shape index (κ2) is 6.48. The Balaban J connectivity index is 1.89. The third kappa shape index (κ3) is 3.31. The molecule has 6 heteroatoms. The van der Waals surface area contributed by atoms with Crippen LogP contribution < -0.4 is 0 Å². The molecule has 0 bridgehead atoms. The molecule has 0 amide bonds. The molecule has 1 fully saturated rings. The zero-order chi connectivity index (χ0) is 14.7. The van der Waals surface area contributed by atoms with Gasteiger partial charge in [0, 0.05) is 29.2 Å². The standard InChI is InChI=1S/C15H16BrClN2O2/c16-6-5-14-20-10-15(21-14,9-19-8-7-18-11-19)12-1-3-13(17)4-2-12/h1-4,7-8,11,14H,5-6,9-10H2. The van der Waals surface area contributed by atoms with Gasteiger partial charge in [-0.25, -0.2) is 4.98 Å². The molecule has 0 aliphatic carbocycles. The summed E-state index contributed by atoms with van der Waals surface area (Å²) in [5.74, 6) is 0. The number of imidazole rings is 1. The Kier molecular flexibility index (Phi) is 4.64. The van der Waals surface area contributed by atoms with Gasteiger partial charge in [-0.1, -0.05) is 39.7 Å². The predicted octanol–water partition coefficient (Wildman–Crippen LogP) is 3.59. The molecule has 3 rings (SSSR count). The van der Waals surface area contributed by atoms with E-state index >= 15 is 0 Å². The Morgan fingerprint density at radius 1 is 1.38 bits per heavy atom. The zero-order valence-corrected chi connectivity index (χ0v) is 13.8. The van der Waals surface area contributed by atoms with Gasteiger partial charge in [0.1, 0.15) is 5.60 Å². The molecule has 1 aliphatic rings. The smallest absolute Gasteiger partial charge is 0.159 e. The fraction of sp³-hybridized carbons (Fsp3) is 0.400. The van der Waals surface area contributed by atoms with E-state index in [2.05, 4.69) is 20.9 Å². The number of benzene rings is 1. The number of nitrogens with zero attached hydrogens (tertiary/aromatic N) is 2. The summed E-state index contributed by atoms with van der Waals surface area (Å²) in [7, 11) is 0. The number of ether oxygens (including phenoxy) is 2. The number of rotatable bonds is 5. The van der Waals surface area contributed by atoms with Gasteiger partial charge in [0.05, 0.1) is 19.5 Å². The van der Waals surface area contributed by atoms with Crippen LogP contribution in [0.1, 0.15) is 12.0 Å². The van der Waals surface area contributed by atoms with Gasteiger partial charge in [-0.2, -0.15) is 0 Å². The van der Waals surface area contributed by atoms with Crippen molar-refractivity contribution in [2.24, 2.45) is 0 Å². The van der Waals surface area contributed by atoms with Crippen LogP contribution >= 0.6 is 27.5 Å². The molecule has 21 heavy (non-hydrogen) atoms. The molecule has 2 atom stereocenters. The lowest BCUT2D eigenvalue weighted by molar-refractivity contribution is -0.0975. The number of halogens is 2. The van der Waals surface area contributed by atoms with Crippen LogP contribution in [0.4, 0.5) is 0 Å². The molecule has 1 saturated heterocycles. The maximum atomic E-state index is 6.24. The van der Waals surface area contributed by atoms with E-state index in [0.717, 1.165) is 17.3 Å². The molecule has 0 saturated carbocycles. The van der Waals surface area contributed by atoms with Crippen LogP contribution in [0.3, 0.4) is 0 Å². The van der Waals surface area contributed by atoms with Crippen molar-refractivity contribution in [1.29, 1.82) is 0 Å². The van der Waals surface area contributed by atoms with E-state index in [1.807, 2.05) is 35.0 Å². The van der Waals surface area contributed by atoms with Crippen LogP contribution in [-0.2, 0) is 21.6 Å². The molecule has 1 aliphatic heterocycles.